The minimum Gasteiger partial charge on any atom is -0.401 e. The van der Waals surface area contributed by atoms with E-state index in [2.05, 4.69) is 6.07 Å². The SMILES string of the molecule is N#CC1=C(N)C[C@@H]2CCCC[C@@H]12. The summed E-state index contributed by atoms with van der Waals surface area (Å²) < 4.78 is 0. The summed E-state index contributed by atoms with van der Waals surface area (Å²) >= 11 is 0. The van der Waals surface area contributed by atoms with E-state index in [9.17, 15) is 0 Å². The molecule has 2 aliphatic rings. The lowest BCUT2D eigenvalue weighted by Crippen LogP contribution is -2.15. The zero-order valence-electron chi connectivity index (χ0n) is 7.21. The van der Waals surface area contributed by atoms with E-state index in [1.165, 1.54) is 25.7 Å². The number of nitrogens with zero attached hydrogens (tertiary/aromatic N) is 1. The first-order chi connectivity index (χ1) is 5.83. The largest absolute Gasteiger partial charge is 0.401 e. The van der Waals surface area contributed by atoms with Crippen molar-refractivity contribution in [2.24, 2.45) is 17.6 Å². The maximum atomic E-state index is 8.89. The van der Waals surface area contributed by atoms with Gasteiger partial charge in [0.05, 0.1) is 11.6 Å². The van der Waals surface area contributed by atoms with Crippen LogP contribution in [0.25, 0.3) is 0 Å². The van der Waals surface area contributed by atoms with Gasteiger partial charge < -0.3 is 5.73 Å². The molecule has 0 aliphatic heterocycles. The Kier molecular flexibility index (Phi) is 1.80. The number of fused-ring (bicyclic) bond motifs is 1. The maximum Gasteiger partial charge on any atom is 0.0968 e. The molecule has 2 N–H and O–H groups in total. The van der Waals surface area contributed by atoms with Crippen molar-refractivity contribution in [3.05, 3.63) is 11.3 Å². The number of hydrogen-bond donors (Lipinski definition) is 1. The first-order valence-corrected chi connectivity index (χ1v) is 4.71. The summed E-state index contributed by atoms with van der Waals surface area (Å²) in [5.74, 6) is 1.22. The molecular weight excluding hydrogens is 148 g/mol. The molecule has 0 aromatic heterocycles. The van der Waals surface area contributed by atoms with Gasteiger partial charge in [-0.25, -0.2) is 0 Å². The van der Waals surface area contributed by atoms with E-state index in [1.807, 2.05) is 0 Å². The van der Waals surface area contributed by atoms with Crippen LogP contribution in [0.4, 0.5) is 0 Å². The molecule has 64 valence electrons. The average Bonchev–Trinajstić information content (AvgIpc) is 2.40. The first-order valence-electron chi connectivity index (χ1n) is 4.71. The van der Waals surface area contributed by atoms with Crippen LogP contribution in [0.5, 0.6) is 0 Å². The number of nitrogens with two attached hydrogens (primary N) is 1. The van der Waals surface area contributed by atoms with Crippen molar-refractivity contribution in [2.45, 2.75) is 32.1 Å². The highest BCUT2D eigenvalue weighted by molar-refractivity contribution is 5.34. The van der Waals surface area contributed by atoms with E-state index in [-0.39, 0.29) is 0 Å². The molecule has 2 atom stereocenters. The molecule has 0 radical (unpaired) electrons. The van der Waals surface area contributed by atoms with Crippen LogP contribution < -0.4 is 5.73 Å². The van der Waals surface area contributed by atoms with Gasteiger partial charge in [0.1, 0.15) is 0 Å². The third-order valence-electron chi connectivity index (χ3n) is 3.23. The van der Waals surface area contributed by atoms with Crippen LogP contribution in [0.1, 0.15) is 32.1 Å². The van der Waals surface area contributed by atoms with Gasteiger partial charge in [0.25, 0.3) is 0 Å². The van der Waals surface area contributed by atoms with E-state index >= 15 is 0 Å². The Hall–Kier alpha value is -0.970. The molecule has 0 aromatic rings. The van der Waals surface area contributed by atoms with E-state index in [0.29, 0.717) is 11.8 Å². The van der Waals surface area contributed by atoms with Crippen molar-refractivity contribution < 1.29 is 0 Å². The predicted molar refractivity (Wildman–Crippen MR) is 46.9 cm³/mol. The third-order valence-corrected chi connectivity index (χ3v) is 3.23. The number of rotatable bonds is 0. The number of nitriles is 1. The lowest BCUT2D eigenvalue weighted by atomic mass is 9.79. The Morgan fingerprint density at radius 3 is 2.83 bits per heavy atom. The molecular formula is C10H14N2. The van der Waals surface area contributed by atoms with Crippen LogP contribution in [0.15, 0.2) is 11.3 Å². The highest BCUT2D eigenvalue weighted by atomic mass is 14.6. The van der Waals surface area contributed by atoms with Crippen molar-refractivity contribution in [3.63, 3.8) is 0 Å². The molecule has 12 heavy (non-hydrogen) atoms. The van der Waals surface area contributed by atoms with E-state index in [4.69, 9.17) is 11.0 Å². The molecule has 0 saturated heterocycles. The summed E-state index contributed by atoms with van der Waals surface area (Å²) in [6, 6.07) is 2.27. The molecule has 0 bridgehead atoms. The van der Waals surface area contributed by atoms with Crippen molar-refractivity contribution in [3.8, 4) is 6.07 Å². The summed E-state index contributed by atoms with van der Waals surface area (Å²) in [6.45, 7) is 0. The van der Waals surface area contributed by atoms with Crippen molar-refractivity contribution in [1.29, 1.82) is 5.26 Å². The molecule has 0 amide bonds. The highest BCUT2D eigenvalue weighted by Gasteiger charge is 2.35. The zero-order valence-corrected chi connectivity index (χ0v) is 7.21. The van der Waals surface area contributed by atoms with Crippen LogP contribution in [0.3, 0.4) is 0 Å². The van der Waals surface area contributed by atoms with Gasteiger partial charge in [-0.2, -0.15) is 5.26 Å². The Labute approximate surface area is 73.1 Å². The van der Waals surface area contributed by atoms with E-state index < -0.39 is 0 Å². The topological polar surface area (TPSA) is 49.8 Å². The van der Waals surface area contributed by atoms with E-state index in [0.717, 1.165) is 17.7 Å². The minimum atomic E-state index is 0.517. The summed E-state index contributed by atoms with van der Waals surface area (Å²) in [7, 11) is 0. The maximum absolute atomic E-state index is 8.89. The number of allylic oxidation sites excluding steroid dienone is 2. The zero-order chi connectivity index (χ0) is 8.55. The molecule has 2 rings (SSSR count). The minimum absolute atomic E-state index is 0.517. The molecule has 1 saturated carbocycles. The Balaban J connectivity index is 2.22. The molecule has 0 spiro atoms. The molecule has 2 nitrogen and oxygen atoms in total. The first kappa shape index (κ1) is 7.67. The third kappa shape index (κ3) is 1.01. The lowest BCUT2D eigenvalue weighted by Gasteiger charge is -2.25. The average molecular weight is 162 g/mol. The van der Waals surface area contributed by atoms with Crippen LogP contribution in [-0.4, -0.2) is 0 Å². The predicted octanol–water partition coefficient (Wildman–Crippen LogP) is 1.93. The second kappa shape index (κ2) is 2.82. The summed E-state index contributed by atoms with van der Waals surface area (Å²) in [5, 5.41) is 8.89. The lowest BCUT2D eigenvalue weighted by molar-refractivity contribution is 0.297. The summed E-state index contributed by atoms with van der Waals surface area (Å²) in [5.41, 5.74) is 7.58. The van der Waals surface area contributed by atoms with Gasteiger partial charge in [0.2, 0.25) is 0 Å². The van der Waals surface area contributed by atoms with Gasteiger partial charge in [-0.1, -0.05) is 12.8 Å². The van der Waals surface area contributed by atoms with Gasteiger partial charge in [-0.15, -0.1) is 0 Å². The second-order valence-corrected chi connectivity index (χ2v) is 3.91. The quantitative estimate of drug-likeness (QED) is 0.591. The van der Waals surface area contributed by atoms with Crippen molar-refractivity contribution in [2.75, 3.05) is 0 Å². The molecule has 0 unspecified atom stereocenters. The van der Waals surface area contributed by atoms with Gasteiger partial charge in [-0.05, 0) is 31.1 Å². The monoisotopic (exact) mass is 162 g/mol. The molecule has 0 heterocycles. The van der Waals surface area contributed by atoms with Crippen LogP contribution >= 0.6 is 0 Å². The van der Waals surface area contributed by atoms with Gasteiger partial charge in [0.15, 0.2) is 0 Å². The molecule has 2 heteroatoms. The van der Waals surface area contributed by atoms with Gasteiger partial charge >= 0.3 is 0 Å². The molecule has 0 aromatic carbocycles. The standard InChI is InChI=1S/C10H14N2/c11-6-9-8-4-2-1-3-7(8)5-10(9)12/h7-8H,1-5,12H2/t7-,8+/m0/s1. The fourth-order valence-electron chi connectivity index (χ4n) is 2.62. The fraction of sp³-hybridized carbons (Fsp3) is 0.700. The van der Waals surface area contributed by atoms with Gasteiger partial charge in [-0.3, -0.25) is 0 Å². The fourth-order valence-corrected chi connectivity index (χ4v) is 2.62. The number of hydrogen-bond acceptors (Lipinski definition) is 2. The normalized spacial score (nSPS) is 34.6. The second-order valence-electron chi connectivity index (χ2n) is 3.91. The van der Waals surface area contributed by atoms with Crippen molar-refractivity contribution in [1.82, 2.24) is 0 Å². The molecule has 1 fully saturated rings. The van der Waals surface area contributed by atoms with E-state index in [1.54, 1.807) is 0 Å². The van der Waals surface area contributed by atoms with Crippen LogP contribution in [0, 0.1) is 23.2 Å². The van der Waals surface area contributed by atoms with Crippen LogP contribution in [-0.2, 0) is 0 Å². The van der Waals surface area contributed by atoms with Crippen molar-refractivity contribution >= 4 is 0 Å². The highest BCUT2D eigenvalue weighted by Crippen LogP contribution is 2.43. The Bertz CT molecular complexity index is 260. The van der Waals surface area contributed by atoms with Gasteiger partial charge in [0, 0.05) is 5.70 Å². The summed E-state index contributed by atoms with van der Waals surface area (Å²) in [6.07, 6.45) is 6.05. The Morgan fingerprint density at radius 2 is 2.08 bits per heavy atom. The van der Waals surface area contributed by atoms with Crippen LogP contribution in [0.2, 0.25) is 0 Å². The summed E-state index contributed by atoms with van der Waals surface area (Å²) in [4.78, 5) is 0. The molecule has 2 aliphatic carbocycles. The Morgan fingerprint density at radius 1 is 1.33 bits per heavy atom. The smallest absolute Gasteiger partial charge is 0.0968 e.